The van der Waals surface area contributed by atoms with E-state index in [1.54, 1.807) is 42.5 Å². The van der Waals surface area contributed by atoms with Crippen molar-refractivity contribution >= 4 is 5.69 Å². The summed E-state index contributed by atoms with van der Waals surface area (Å²) in [6.07, 6.45) is -3.11. The zero-order valence-corrected chi connectivity index (χ0v) is 14.6. The van der Waals surface area contributed by atoms with Crippen LogP contribution in [0.4, 0.5) is 27.6 Å². The van der Waals surface area contributed by atoms with E-state index in [1.807, 2.05) is 6.92 Å². The van der Waals surface area contributed by atoms with Gasteiger partial charge in [-0.15, -0.1) is 0 Å². The van der Waals surface area contributed by atoms with Gasteiger partial charge in [-0.3, -0.25) is 0 Å². The number of alkyl halides is 5. The van der Waals surface area contributed by atoms with Crippen LogP contribution in [0.25, 0.3) is 11.1 Å². The molecule has 2 rings (SSSR count). The van der Waals surface area contributed by atoms with Gasteiger partial charge in [0.1, 0.15) is 0 Å². The van der Waals surface area contributed by atoms with Crippen LogP contribution in [0, 0.1) is 0 Å². The minimum Gasteiger partial charge on any atom is -0.305 e. The lowest BCUT2D eigenvalue weighted by Crippen LogP contribution is -2.53. The van der Waals surface area contributed by atoms with Crippen molar-refractivity contribution in [2.75, 3.05) is 11.4 Å². The monoisotopic (exact) mass is 371 g/mol. The first kappa shape index (κ1) is 20.2. The van der Waals surface area contributed by atoms with Gasteiger partial charge in [0, 0.05) is 17.8 Å². The van der Waals surface area contributed by atoms with Gasteiger partial charge in [-0.1, -0.05) is 74.7 Å². The first-order valence-corrected chi connectivity index (χ1v) is 8.65. The number of para-hydroxylation sites is 1. The second-order valence-corrected chi connectivity index (χ2v) is 6.13. The normalized spacial score (nSPS) is 12.2. The lowest BCUT2D eigenvalue weighted by atomic mass is 10.0. The molecule has 0 aliphatic heterocycles. The maximum atomic E-state index is 14.3. The molecule has 0 saturated carbocycles. The number of halogens is 5. The summed E-state index contributed by atoms with van der Waals surface area (Å²) in [5, 5.41) is 0. The standard InChI is InChI=1S/C20H22F5N/c1-2-3-4-10-15-26(20(24,25)19(21,22)23)18-14-9-8-13-17(18)16-11-6-5-7-12-16/h5-9,11-14H,2-4,10,15H2,1H3. The third-order valence-electron chi connectivity index (χ3n) is 4.19. The predicted molar refractivity (Wildman–Crippen MR) is 94.4 cm³/mol. The summed E-state index contributed by atoms with van der Waals surface area (Å²) in [6, 6.07) is 9.65. The highest BCUT2D eigenvalue weighted by Crippen LogP contribution is 2.43. The van der Waals surface area contributed by atoms with Crippen LogP contribution in [-0.4, -0.2) is 18.8 Å². The molecule has 6 heteroatoms. The van der Waals surface area contributed by atoms with Gasteiger partial charge < -0.3 is 4.90 Å². The summed E-state index contributed by atoms with van der Waals surface area (Å²) in [7, 11) is 0. The van der Waals surface area contributed by atoms with Crippen LogP contribution in [0.2, 0.25) is 0 Å². The van der Waals surface area contributed by atoms with Crippen molar-refractivity contribution in [2.24, 2.45) is 0 Å². The molecule has 0 amide bonds. The Morgan fingerprint density at radius 1 is 0.769 bits per heavy atom. The average molecular weight is 371 g/mol. The van der Waals surface area contributed by atoms with E-state index in [9.17, 15) is 22.0 Å². The van der Waals surface area contributed by atoms with Gasteiger partial charge in [-0.2, -0.15) is 22.0 Å². The molecule has 142 valence electrons. The van der Waals surface area contributed by atoms with E-state index in [0.717, 1.165) is 12.8 Å². The highest BCUT2D eigenvalue weighted by atomic mass is 19.4. The van der Waals surface area contributed by atoms with Crippen LogP contribution < -0.4 is 4.90 Å². The third kappa shape index (κ3) is 4.54. The van der Waals surface area contributed by atoms with E-state index in [-0.39, 0.29) is 23.6 Å². The number of anilines is 1. The maximum absolute atomic E-state index is 14.3. The zero-order valence-electron chi connectivity index (χ0n) is 14.6. The molecular weight excluding hydrogens is 349 g/mol. The lowest BCUT2D eigenvalue weighted by molar-refractivity contribution is -0.281. The molecule has 0 aliphatic rings. The molecular formula is C20H22F5N. The summed E-state index contributed by atoms with van der Waals surface area (Å²) in [5.41, 5.74) is 0.838. The molecule has 0 unspecified atom stereocenters. The summed E-state index contributed by atoms with van der Waals surface area (Å²) < 4.78 is 67.8. The van der Waals surface area contributed by atoms with Gasteiger partial charge in [-0.05, 0) is 18.1 Å². The highest BCUT2D eigenvalue weighted by molar-refractivity contribution is 5.79. The SMILES string of the molecule is CCCCCCN(c1ccccc1-c1ccccc1)C(F)(F)C(F)(F)F. The van der Waals surface area contributed by atoms with Crippen LogP contribution in [0.1, 0.15) is 32.6 Å². The minimum absolute atomic E-state index is 0.113. The lowest BCUT2D eigenvalue weighted by Gasteiger charge is -2.35. The van der Waals surface area contributed by atoms with Gasteiger partial charge in [-0.25, -0.2) is 0 Å². The number of benzene rings is 2. The number of unbranched alkanes of at least 4 members (excludes halogenated alkanes) is 3. The van der Waals surface area contributed by atoms with E-state index in [0.29, 0.717) is 17.5 Å². The van der Waals surface area contributed by atoms with E-state index < -0.39 is 12.2 Å². The highest BCUT2D eigenvalue weighted by Gasteiger charge is 2.62. The van der Waals surface area contributed by atoms with E-state index in [2.05, 4.69) is 0 Å². The second-order valence-electron chi connectivity index (χ2n) is 6.13. The summed E-state index contributed by atoms with van der Waals surface area (Å²) in [6.45, 7) is 1.59. The van der Waals surface area contributed by atoms with Crippen molar-refractivity contribution in [3.63, 3.8) is 0 Å². The molecule has 0 radical (unpaired) electrons. The zero-order chi connectivity index (χ0) is 19.2. The van der Waals surface area contributed by atoms with Crippen molar-refractivity contribution in [1.82, 2.24) is 0 Å². The quantitative estimate of drug-likeness (QED) is 0.277. The molecule has 0 bridgehead atoms. The van der Waals surface area contributed by atoms with E-state index >= 15 is 0 Å². The Hall–Kier alpha value is -2.11. The Morgan fingerprint density at radius 2 is 1.38 bits per heavy atom. The fourth-order valence-corrected chi connectivity index (χ4v) is 2.83. The number of rotatable bonds is 8. The number of hydrogen-bond donors (Lipinski definition) is 0. The Morgan fingerprint density at radius 3 is 2.00 bits per heavy atom. The summed E-state index contributed by atoms with van der Waals surface area (Å²) in [4.78, 5) is 0.199. The smallest absolute Gasteiger partial charge is 0.305 e. The third-order valence-corrected chi connectivity index (χ3v) is 4.19. The fraction of sp³-hybridized carbons (Fsp3) is 0.400. The molecule has 0 aromatic heterocycles. The summed E-state index contributed by atoms with van der Waals surface area (Å²) in [5.74, 6) is 0. The number of hydrogen-bond acceptors (Lipinski definition) is 1. The Bertz CT molecular complexity index is 682. The van der Waals surface area contributed by atoms with Crippen molar-refractivity contribution in [2.45, 2.75) is 44.8 Å². The molecule has 2 aromatic rings. The predicted octanol–water partition coefficient (Wildman–Crippen LogP) is 6.90. The average Bonchev–Trinajstić information content (AvgIpc) is 2.61. The van der Waals surface area contributed by atoms with E-state index in [4.69, 9.17) is 0 Å². The van der Waals surface area contributed by atoms with Crippen LogP contribution in [0.3, 0.4) is 0 Å². The molecule has 0 heterocycles. The van der Waals surface area contributed by atoms with Crippen LogP contribution in [-0.2, 0) is 0 Å². The summed E-state index contributed by atoms with van der Waals surface area (Å²) >= 11 is 0. The van der Waals surface area contributed by atoms with Crippen molar-refractivity contribution in [1.29, 1.82) is 0 Å². The van der Waals surface area contributed by atoms with Crippen molar-refractivity contribution < 1.29 is 22.0 Å². The topological polar surface area (TPSA) is 3.24 Å². The van der Waals surface area contributed by atoms with Crippen LogP contribution >= 0.6 is 0 Å². The van der Waals surface area contributed by atoms with Gasteiger partial charge in [0.2, 0.25) is 0 Å². The first-order valence-electron chi connectivity index (χ1n) is 8.65. The Balaban J connectivity index is 2.46. The number of nitrogens with zero attached hydrogens (tertiary/aromatic N) is 1. The van der Waals surface area contributed by atoms with Gasteiger partial charge >= 0.3 is 12.2 Å². The fourth-order valence-electron chi connectivity index (χ4n) is 2.83. The molecule has 0 aliphatic carbocycles. The Labute approximate surface area is 150 Å². The van der Waals surface area contributed by atoms with Crippen LogP contribution in [0.15, 0.2) is 54.6 Å². The molecule has 26 heavy (non-hydrogen) atoms. The molecule has 0 fully saturated rings. The molecule has 0 N–H and O–H groups in total. The van der Waals surface area contributed by atoms with Crippen LogP contribution in [0.5, 0.6) is 0 Å². The maximum Gasteiger partial charge on any atom is 0.475 e. The Kier molecular flexibility index (Phi) is 6.62. The molecule has 0 atom stereocenters. The minimum atomic E-state index is -5.65. The van der Waals surface area contributed by atoms with E-state index in [1.165, 1.54) is 12.1 Å². The van der Waals surface area contributed by atoms with Gasteiger partial charge in [0.15, 0.2) is 0 Å². The van der Waals surface area contributed by atoms with Gasteiger partial charge in [0.25, 0.3) is 0 Å². The molecule has 1 nitrogen and oxygen atoms in total. The van der Waals surface area contributed by atoms with Gasteiger partial charge in [0.05, 0.1) is 0 Å². The largest absolute Gasteiger partial charge is 0.475 e. The van der Waals surface area contributed by atoms with Crippen molar-refractivity contribution in [3.8, 4) is 11.1 Å². The van der Waals surface area contributed by atoms with Crippen molar-refractivity contribution in [3.05, 3.63) is 54.6 Å². The second kappa shape index (κ2) is 8.52. The first-order chi connectivity index (χ1) is 12.3. The molecule has 0 saturated heterocycles. The molecule has 2 aromatic carbocycles. The molecule has 0 spiro atoms.